The molecule has 1 aromatic heterocycles. The summed E-state index contributed by atoms with van der Waals surface area (Å²) >= 11 is 12.3. The summed E-state index contributed by atoms with van der Waals surface area (Å²) in [5, 5.41) is 5.51. The molecule has 0 unspecified atom stereocenters. The van der Waals surface area contributed by atoms with Crippen LogP contribution in [0.4, 0.5) is 11.4 Å². The number of H-pyrrole nitrogens is 1. The van der Waals surface area contributed by atoms with Crippen molar-refractivity contribution in [2.75, 3.05) is 12.4 Å². The van der Waals surface area contributed by atoms with Crippen molar-refractivity contribution in [3.63, 3.8) is 0 Å². The van der Waals surface area contributed by atoms with Crippen molar-refractivity contribution < 1.29 is 9.53 Å². The maximum atomic E-state index is 12.4. The first-order chi connectivity index (χ1) is 17.9. The Labute approximate surface area is 223 Å². The first-order valence-electron chi connectivity index (χ1n) is 11.5. The number of hydrogen-bond donors (Lipinski definition) is 2. The van der Waals surface area contributed by atoms with Gasteiger partial charge in [-0.05, 0) is 77.4 Å². The number of carbonyl (C=O) groups excluding carboxylic acids is 1. The van der Waals surface area contributed by atoms with Crippen molar-refractivity contribution in [1.82, 2.24) is 4.98 Å². The van der Waals surface area contributed by atoms with Crippen molar-refractivity contribution >= 4 is 51.4 Å². The fourth-order valence-corrected chi connectivity index (χ4v) is 4.66. The molecule has 0 saturated carbocycles. The number of carbonyl (C=O) groups is 1. The second-order valence-electron chi connectivity index (χ2n) is 8.58. The summed E-state index contributed by atoms with van der Waals surface area (Å²) in [6.07, 6.45) is 0. The Hall–Kier alpha value is -4.06. The Bertz CT molecular complexity index is 1580. The van der Waals surface area contributed by atoms with Crippen molar-refractivity contribution in [2.24, 2.45) is 0 Å². The molecule has 5 nitrogen and oxygen atoms in total. The number of esters is 1. The van der Waals surface area contributed by atoms with Gasteiger partial charge in [0.1, 0.15) is 0 Å². The van der Waals surface area contributed by atoms with E-state index in [-0.39, 0.29) is 11.5 Å². The second-order valence-corrected chi connectivity index (χ2v) is 9.46. The molecular formula is C30H22Cl2N2O3. The van der Waals surface area contributed by atoms with Gasteiger partial charge in [0.2, 0.25) is 5.56 Å². The standard InChI is InChI=1S/C30H22Cl2N2O3/c1-37-30(36)20-6-13-24(14-7-20)33-27-17-28(35)34-26-15-8-21(16-25(26)27)29(18-2-9-22(31)10-3-18)19-4-11-23(32)12-5-19/h2-17,29H,1H3,(H2,33,34,35). The number of hydrogen-bond acceptors (Lipinski definition) is 4. The SMILES string of the molecule is COC(=O)c1ccc(Nc2cc(=O)[nH]c3ccc(C(c4ccc(Cl)cc4)c4ccc(Cl)cc4)cc23)cc1. The highest BCUT2D eigenvalue weighted by Crippen LogP contribution is 2.36. The number of aromatic nitrogens is 1. The first kappa shape index (κ1) is 24.6. The van der Waals surface area contributed by atoms with E-state index >= 15 is 0 Å². The minimum Gasteiger partial charge on any atom is -0.465 e. The lowest BCUT2D eigenvalue weighted by Gasteiger charge is -2.20. The zero-order chi connectivity index (χ0) is 25.9. The molecule has 0 bridgehead atoms. The summed E-state index contributed by atoms with van der Waals surface area (Å²) in [5.74, 6) is -0.494. The Kier molecular flexibility index (Phi) is 6.99. The van der Waals surface area contributed by atoms with Crippen LogP contribution in [0.3, 0.4) is 0 Å². The highest BCUT2D eigenvalue weighted by molar-refractivity contribution is 6.30. The zero-order valence-corrected chi connectivity index (χ0v) is 21.3. The summed E-state index contributed by atoms with van der Waals surface area (Å²) in [6, 6.07) is 30.0. The summed E-state index contributed by atoms with van der Waals surface area (Å²) in [6.45, 7) is 0. The molecule has 0 aliphatic rings. The van der Waals surface area contributed by atoms with Gasteiger partial charge in [-0.1, -0.05) is 53.5 Å². The van der Waals surface area contributed by atoms with E-state index in [1.54, 1.807) is 24.3 Å². The van der Waals surface area contributed by atoms with E-state index in [9.17, 15) is 9.59 Å². The second kappa shape index (κ2) is 10.5. The smallest absolute Gasteiger partial charge is 0.337 e. The lowest BCUT2D eigenvalue weighted by Crippen LogP contribution is -2.08. The fraction of sp³-hybridized carbons (Fsp3) is 0.0667. The van der Waals surface area contributed by atoms with Gasteiger partial charge in [0.05, 0.1) is 23.9 Å². The van der Waals surface area contributed by atoms with E-state index in [0.29, 0.717) is 26.8 Å². The van der Waals surface area contributed by atoms with Crippen LogP contribution in [0, 0.1) is 0 Å². The molecule has 0 saturated heterocycles. The third-order valence-corrected chi connectivity index (χ3v) is 6.70. The molecule has 0 fully saturated rings. The van der Waals surface area contributed by atoms with Gasteiger partial charge >= 0.3 is 5.97 Å². The maximum Gasteiger partial charge on any atom is 0.337 e. The Morgan fingerprint density at radius 1 is 0.784 bits per heavy atom. The predicted octanol–water partition coefficient (Wildman–Crippen LogP) is 7.55. The predicted molar refractivity (Wildman–Crippen MR) is 149 cm³/mol. The molecule has 0 aliphatic heterocycles. The van der Waals surface area contributed by atoms with Crippen molar-refractivity contribution in [3.05, 3.63) is 140 Å². The van der Waals surface area contributed by atoms with Crippen molar-refractivity contribution in [1.29, 1.82) is 0 Å². The van der Waals surface area contributed by atoms with E-state index in [0.717, 1.165) is 27.8 Å². The molecule has 4 aromatic carbocycles. The number of aromatic amines is 1. The molecule has 0 spiro atoms. The number of nitrogens with one attached hydrogen (secondary N) is 2. The summed E-state index contributed by atoms with van der Waals surface area (Å²) < 4.78 is 4.77. The molecule has 0 atom stereocenters. The third-order valence-electron chi connectivity index (χ3n) is 6.19. The van der Waals surface area contributed by atoms with E-state index in [1.165, 1.54) is 13.2 Å². The molecule has 37 heavy (non-hydrogen) atoms. The van der Waals surface area contributed by atoms with E-state index in [4.69, 9.17) is 27.9 Å². The molecule has 184 valence electrons. The molecule has 7 heteroatoms. The van der Waals surface area contributed by atoms with Gasteiger partial charge < -0.3 is 15.0 Å². The van der Waals surface area contributed by atoms with Gasteiger partial charge in [0.25, 0.3) is 0 Å². The number of benzene rings is 4. The molecule has 2 N–H and O–H groups in total. The molecule has 5 aromatic rings. The van der Waals surface area contributed by atoms with E-state index < -0.39 is 5.97 Å². The highest BCUT2D eigenvalue weighted by Gasteiger charge is 2.18. The molecule has 5 rings (SSSR count). The average molecular weight is 529 g/mol. The molecule has 1 heterocycles. The summed E-state index contributed by atoms with van der Waals surface area (Å²) in [5.41, 5.74) is 5.49. The highest BCUT2D eigenvalue weighted by atomic mass is 35.5. The van der Waals surface area contributed by atoms with Crippen LogP contribution < -0.4 is 10.9 Å². The van der Waals surface area contributed by atoms with Crippen LogP contribution in [0.25, 0.3) is 10.9 Å². The third kappa shape index (κ3) is 5.38. The summed E-state index contributed by atoms with van der Waals surface area (Å²) in [7, 11) is 1.34. The number of fused-ring (bicyclic) bond motifs is 1. The number of ether oxygens (including phenoxy) is 1. The topological polar surface area (TPSA) is 71.2 Å². The minimum atomic E-state index is -0.409. The molecular weight excluding hydrogens is 507 g/mol. The van der Waals surface area contributed by atoms with Gasteiger partial charge in [0.15, 0.2) is 0 Å². The van der Waals surface area contributed by atoms with Crippen molar-refractivity contribution in [2.45, 2.75) is 5.92 Å². The van der Waals surface area contributed by atoms with Crippen molar-refractivity contribution in [3.8, 4) is 0 Å². The lowest BCUT2D eigenvalue weighted by atomic mass is 9.84. The van der Waals surface area contributed by atoms with Gasteiger partial charge in [-0.15, -0.1) is 0 Å². The maximum absolute atomic E-state index is 12.4. The molecule has 0 aliphatic carbocycles. The van der Waals surface area contributed by atoms with Gasteiger partial charge in [0, 0.05) is 33.1 Å². The van der Waals surface area contributed by atoms with Crippen LogP contribution >= 0.6 is 23.2 Å². The number of methoxy groups -OCH3 is 1. The van der Waals surface area contributed by atoms with E-state index in [2.05, 4.69) is 16.4 Å². The Morgan fingerprint density at radius 2 is 1.35 bits per heavy atom. The zero-order valence-electron chi connectivity index (χ0n) is 19.8. The summed E-state index contributed by atoms with van der Waals surface area (Å²) in [4.78, 5) is 27.1. The van der Waals surface area contributed by atoms with Gasteiger partial charge in [-0.2, -0.15) is 0 Å². The normalized spacial score (nSPS) is 11.0. The van der Waals surface area contributed by atoms with Crippen LogP contribution in [-0.2, 0) is 4.74 Å². The van der Waals surface area contributed by atoms with Crippen LogP contribution in [0.15, 0.2) is 102 Å². The molecule has 0 amide bonds. The lowest BCUT2D eigenvalue weighted by molar-refractivity contribution is 0.0601. The van der Waals surface area contributed by atoms with Crippen LogP contribution in [0.2, 0.25) is 10.0 Å². The number of halogens is 2. The number of rotatable bonds is 6. The number of anilines is 2. The number of pyridine rings is 1. The Morgan fingerprint density at radius 3 is 1.92 bits per heavy atom. The fourth-order valence-electron chi connectivity index (χ4n) is 4.41. The average Bonchev–Trinajstić information content (AvgIpc) is 2.91. The first-order valence-corrected chi connectivity index (χ1v) is 12.3. The van der Waals surface area contributed by atoms with E-state index in [1.807, 2.05) is 60.7 Å². The molecule has 0 radical (unpaired) electrons. The minimum absolute atomic E-state index is 0.0851. The largest absolute Gasteiger partial charge is 0.465 e. The van der Waals surface area contributed by atoms with Crippen LogP contribution in [-0.4, -0.2) is 18.1 Å². The Balaban J connectivity index is 1.60. The van der Waals surface area contributed by atoms with Crippen LogP contribution in [0.1, 0.15) is 33.0 Å². The monoisotopic (exact) mass is 528 g/mol. The quantitative estimate of drug-likeness (QED) is 0.176. The van der Waals surface area contributed by atoms with Gasteiger partial charge in [-0.3, -0.25) is 4.79 Å². The van der Waals surface area contributed by atoms with Gasteiger partial charge in [-0.25, -0.2) is 4.79 Å². The van der Waals surface area contributed by atoms with Crippen LogP contribution in [0.5, 0.6) is 0 Å².